The minimum absolute atomic E-state index is 0.131. The van der Waals surface area contributed by atoms with Crippen molar-refractivity contribution < 1.29 is 19.8 Å². The molecule has 0 aliphatic heterocycles. The van der Waals surface area contributed by atoms with Gasteiger partial charge in [-0.05, 0) is 30.0 Å². The minimum atomic E-state index is -1.23. The van der Waals surface area contributed by atoms with Crippen LogP contribution in [0, 0.1) is 5.92 Å². The van der Waals surface area contributed by atoms with Crippen molar-refractivity contribution in [3.8, 4) is 5.75 Å². The van der Waals surface area contributed by atoms with Gasteiger partial charge in [0.1, 0.15) is 11.8 Å². The highest BCUT2D eigenvalue weighted by Crippen LogP contribution is 2.12. The number of benzene rings is 1. The zero-order valence-electron chi connectivity index (χ0n) is 13.2. The third-order valence-corrected chi connectivity index (χ3v) is 3.39. The Kier molecular flexibility index (Phi) is 6.69. The number of phenols is 1. The maximum Gasteiger partial charge on any atom is 0.405 e. The number of likely N-dealkylation sites (N-methyl/N-ethyl adjacent to an activating group) is 1. The number of nitrogens with one attached hydrogen (secondary N) is 1. The molecule has 6 heteroatoms. The quantitative estimate of drug-likeness (QED) is 0.719. The minimum Gasteiger partial charge on any atom is -0.508 e. The topological polar surface area (TPSA) is 89.9 Å². The van der Waals surface area contributed by atoms with Crippen molar-refractivity contribution in [2.75, 3.05) is 13.6 Å². The third kappa shape index (κ3) is 6.03. The molecule has 0 aromatic heterocycles. The van der Waals surface area contributed by atoms with Crippen molar-refractivity contribution >= 4 is 12.0 Å². The predicted octanol–water partition coefficient (Wildman–Crippen LogP) is 2.08. The van der Waals surface area contributed by atoms with Crippen molar-refractivity contribution in [2.24, 2.45) is 5.92 Å². The van der Waals surface area contributed by atoms with Crippen LogP contribution in [0.15, 0.2) is 24.3 Å². The van der Waals surface area contributed by atoms with Crippen molar-refractivity contribution in [3.05, 3.63) is 29.8 Å². The average molecular weight is 308 g/mol. The van der Waals surface area contributed by atoms with E-state index in [9.17, 15) is 14.7 Å². The summed E-state index contributed by atoms with van der Waals surface area (Å²) in [6.07, 6.45) is -0.118. The van der Waals surface area contributed by atoms with Crippen LogP contribution in [-0.2, 0) is 11.2 Å². The van der Waals surface area contributed by atoms with E-state index in [2.05, 4.69) is 19.2 Å². The Balaban J connectivity index is 2.76. The monoisotopic (exact) mass is 308 g/mol. The molecule has 0 saturated heterocycles. The summed E-state index contributed by atoms with van der Waals surface area (Å²) in [7, 11) is 1.68. The van der Waals surface area contributed by atoms with E-state index in [1.165, 1.54) is 12.1 Å². The molecular weight excluding hydrogens is 284 g/mol. The molecule has 1 aromatic rings. The lowest BCUT2D eigenvalue weighted by molar-refractivity contribution is -0.132. The molecule has 0 radical (unpaired) electrons. The van der Waals surface area contributed by atoms with Crippen molar-refractivity contribution in [1.82, 2.24) is 10.2 Å². The van der Waals surface area contributed by atoms with Crippen molar-refractivity contribution in [2.45, 2.75) is 32.7 Å². The Morgan fingerprint density at radius 3 is 2.32 bits per heavy atom. The van der Waals surface area contributed by atoms with Crippen molar-refractivity contribution in [1.29, 1.82) is 0 Å². The Hall–Kier alpha value is -2.24. The zero-order chi connectivity index (χ0) is 16.7. The lowest BCUT2D eigenvalue weighted by Crippen LogP contribution is -2.48. The van der Waals surface area contributed by atoms with Gasteiger partial charge < -0.3 is 20.4 Å². The number of hydrogen-bond acceptors (Lipinski definition) is 3. The van der Waals surface area contributed by atoms with Crippen LogP contribution in [0.2, 0.25) is 0 Å². The first-order chi connectivity index (χ1) is 10.3. The van der Waals surface area contributed by atoms with Gasteiger partial charge in [0.05, 0.1) is 0 Å². The van der Waals surface area contributed by atoms with Gasteiger partial charge >= 0.3 is 6.09 Å². The Morgan fingerprint density at radius 1 is 1.23 bits per heavy atom. The molecule has 0 bridgehead atoms. The Bertz CT molecular complexity index is 499. The highest BCUT2D eigenvalue weighted by Gasteiger charge is 2.24. The van der Waals surface area contributed by atoms with Crippen LogP contribution in [0.3, 0.4) is 0 Å². The molecule has 0 aliphatic carbocycles. The summed E-state index contributed by atoms with van der Waals surface area (Å²) in [5, 5.41) is 20.5. The third-order valence-electron chi connectivity index (χ3n) is 3.39. The molecule has 6 nitrogen and oxygen atoms in total. The number of carbonyl (C=O) groups excluding carboxylic acids is 1. The molecule has 3 N–H and O–H groups in total. The first kappa shape index (κ1) is 17.8. The number of carbonyl (C=O) groups is 2. The summed E-state index contributed by atoms with van der Waals surface area (Å²) in [5.74, 6) is 0.348. The number of carboxylic acid groups (broad SMARTS) is 1. The Morgan fingerprint density at radius 2 is 1.82 bits per heavy atom. The molecule has 22 heavy (non-hydrogen) atoms. The fourth-order valence-electron chi connectivity index (χ4n) is 2.04. The zero-order valence-corrected chi connectivity index (χ0v) is 13.2. The van der Waals surface area contributed by atoms with Crippen LogP contribution >= 0.6 is 0 Å². The maximum atomic E-state index is 12.4. The van der Waals surface area contributed by atoms with Crippen LogP contribution in [0.1, 0.15) is 25.8 Å². The normalized spacial score (nSPS) is 12.0. The van der Waals surface area contributed by atoms with E-state index in [0.717, 1.165) is 12.0 Å². The lowest BCUT2D eigenvalue weighted by Gasteiger charge is -2.24. The van der Waals surface area contributed by atoms with Crippen LogP contribution in [-0.4, -0.2) is 46.7 Å². The molecule has 0 aliphatic rings. The number of aromatic hydroxyl groups is 1. The molecule has 2 amide bonds. The molecular formula is C16H24N2O4. The van der Waals surface area contributed by atoms with Gasteiger partial charge in [-0.1, -0.05) is 26.0 Å². The summed E-state index contributed by atoms with van der Waals surface area (Å²) in [5.41, 5.74) is 0.780. The van der Waals surface area contributed by atoms with E-state index in [-0.39, 0.29) is 18.1 Å². The van der Waals surface area contributed by atoms with Gasteiger partial charge in [0.25, 0.3) is 0 Å². The van der Waals surface area contributed by atoms with Gasteiger partial charge in [-0.15, -0.1) is 0 Å². The Labute approximate surface area is 130 Å². The number of rotatable bonds is 7. The molecule has 1 rings (SSSR count). The second-order valence-electron chi connectivity index (χ2n) is 5.81. The second kappa shape index (κ2) is 8.26. The van der Waals surface area contributed by atoms with Gasteiger partial charge in [-0.25, -0.2) is 4.79 Å². The van der Waals surface area contributed by atoms with Crippen LogP contribution in [0.5, 0.6) is 5.75 Å². The lowest BCUT2D eigenvalue weighted by atomic mass is 10.0. The standard InChI is InChI=1S/C16H24N2O4/c1-11(2)8-9-18(3)15(20)14(17-16(21)22)10-12-4-6-13(19)7-5-12/h4-7,11,14,17,19H,8-10H2,1-3H3,(H,21,22)/t14-/m0/s1. The van der Waals surface area contributed by atoms with Gasteiger partial charge in [-0.3, -0.25) is 4.79 Å². The van der Waals surface area contributed by atoms with Crippen LogP contribution < -0.4 is 5.32 Å². The smallest absolute Gasteiger partial charge is 0.405 e. The second-order valence-corrected chi connectivity index (χ2v) is 5.81. The van der Waals surface area contributed by atoms with Crippen LogP contribution in [0.25, 0.3) is 0 Å². The van der Waals surface area contributed by atoms with E-state index in [1.54, 1.807) is 24.1 Å². The van der Waals surface area contributed by atoms with E-state index < -0.39 is 12.1 Å². The number of nitrogens with zero attached hydrogens (tertiary/aromatic N) is 1. The summed E-state index contributed by atoms with van der Waals surface area (Å²) < 4.78 is 0. The average Bonchev–Trinajstić information content (AvgIpc) is 2.45. The number of hydrogen-bond donors (Lipinski definition) is 3. The fraction of sp³-hybridized carbons (Fsp3) is 0.500. The molecule has 0 unspecified atom stereocenters. The molecule has 0 saturated carbocycles. The highest BCUT2D eigenvalue weighted by molar-refractivity contribution is 5.85. The molecule has 0 fully saturated rings. The maximum absolute atomic E-state index is 12.4. The molecule has 1 atom stereocenters. The van der Waals surface area contributed by atoms with Gasteiger partial charge in [0, 0.05) is 20.0 Å². The largest absolute Gasteiger partial charge is 0.508 e. The summed E-state index contributed by atoms with van der Waals surface area (Å²) in [6, 6.07) is 5.54. The number of phenolic OH excluding ortho intramolecular Hbond substituents is 1. The van der Waals surface area contributed by atoms with E-state index in [0.29, 0.717) is 12.5 Å². The SMILES string of the molecule is CC(C)CCN(C)C(=O)[C@H](Cc1ccc(O)cc1)NC(=O)O. The molecule has 0 heterocycles. The summed E-state index contributed by atoms with van der Waals surface area (Å²) >= 11 is 0. The van der Waals surface area contributed by atoms with E-state index in [4.69, 9.17) is 5.11 Å². The highest BCUT2D eigenvalue weighted by atomic mass is 16.4. The summed E-state index contributed by atoms with van der Waals surface area (Å²) in [6.45, 7) is 4.73. The van der Waals surface area contributed by atoms with Crippen molar-refractivity contribution in [3.63, 3.8) is 0 Å². The first-order valence-corrected chi connectivity index (χ1v) is 7.32. The predicted molar refractivity (Wildman–Crippen MR) is 83.9 cm³/mol. The van der Waals surface area contributed by atoms with Crippen LogP contribution in [0.4, 0.5) is 4.79 Å². The first-order valence-electron chi connectivity index (χ1n) is 7.32. The van der Waals surface area contributed by atoms with Gasteiger partial charge in [-0.2, -0.15) is 0 Å². The summed E-state index contributed by atoms with van der Waals surface area (Å²) in [4.78, 5) is 24.9. The van der Waals surface area contributed by atoms with E-state index in [1.807, 2.05) is 0 Å². The van der Waals surface area contributed by atoms with Gasteiger partial charge in [0.15, 0.2) is 0 Å². The van der Waals surface area contributed by atoms with E-state index >= 15 is 0 Å². The number of amides is 2. The fourth-order valence-corrected chi connectivity index (χ4v) is 2.04. The molecule has 0 spiro atoms. The molecule has 1 aromatic carbocycles. The van der Waals surface area contributed by atoms with Gasteiger partial charge in [0.2, 0.25) is 5.91 Å². The molecule has 122 valence electrons.